The molecular formula is C17H23N3S. The highest BCUT2D eigenvalue weighted by Gasteiger charge is 2.21. The summed E-state index contributed by atoms with van der Waals surface area (Å²) in [6.07, 6.45) is 14.6. The molecule has 3 nitrogen and oxygen atoms in total. The minimum Gasteiger partial charge on any atom is -0.314 e. The van der Waals surface area contributed by atoms with Crippen LogP contribution in [0, 0.1) is 5.41 Å². The van der Waals surface area contributed by atoms with Crippen molar-refractivity contribution in [3.05, 3.63) is 22.3 Å². The quantitative estimate of drug-likeness (QED) is 0.782. The number of hydrogen-bond acceptors (Lipinski definition) is 3. The van der Waals surface area contributed by atoms with E-state index in [1.807, 2.05) is 17.7 Å². The van der Waals surface area contributed by atoms with Gasteiger partial charge in [0.1, 0.15) is 10.3 Å². The Morgan fingerprint density at radius 3 is 2.62 bits per heavy atom. The summed E-state index contributed by atoms with van der Waals surface area (Å²) in [5.41, 5.74) is 2.17. The smallest absolute Gasteiger partial charge is 0.136 e. The molecule has 1 saturated carbocycles. The third-order valence-corrected chi connectivity index (χ3v) is 6.37. The first-order chi connectivity index (χ1) is 10.3. The first-order valence-corrected chi connectivity index (χ1v) is 9.22. The molecule has 0 unspecified atom stereocenters. The molecule has 0 spiro atoms. The average molecular weight is 301 g/mol. The molecule has 4 heteroatoms. The average Bonchev–Trinajstić information content (AvgIpc) is 2.68. The Kier molecular flexibility index (Phi) is 3.57. The minimum atomic E-state index is 0.496. The molecule has 4 rings (SSSR count). The monoisotopic (exact) mass is 301 g/mol. The third-order valence-electron chi connectivity index (χ3n) is 5.17. The van der Waals surface area contributed by atoms with Gasteiger partial charge in [-0.2, -0.15) is 0 Å². The summed E-state index contributed by atoms with van der Waals surface area (Å²) in [4.78, 5) is 7.30. The van der Waals surface area contributed by atoms with Gasteiger partial charge in [0.15, 0.2) is 0 Å². The summed E-state index contributed by atoms with van der Waals surface area (Å²) >= 11 is 1.83. The maximum atomic E-state index is 8.73. The van der Waals surface area contributed by atoms with Gasteiger partial charge in [0.25, 0.3) is 0 Å². The third kappa shape index (κ3) is 2.33. The van der Waals surface area contributed by atoms with Crippen molar-refractivity contribution in [2.75, 3.05) is 0 Å². The topological polar surface area (TPSA) is 41.7 Å². The molecule has 1 fully saturated rings. The van der Waals surface area contributed by atoms with Gasteiger partial charge >= 0.3 is 0 Å². The largest absolute Gasteiger partial charge is 0.314 e. The van der Waals surface area contributed by atoms with Gasteiger partial charge in [-0.1, -0.05) is 25.7 Å². The van der Waals surface area contributed by atoms with E-state index in [0.717, 1.165) is 16.7 Å². The number of nitrogens with zero attached hydrogens (tertiary/aromatic N) is 2. The molecule has 21 heavy (non-hydrogen) atoms. The first kappa shape index (κ1) is 13.5. The highest BCUT2D eigenvalue weighted by molar-refractivity contribution is 7.18. The fraction of sp³-hybridized carbons (Fsp3) is 0.647. The standard InChI is InChI=1S/C17H23N3S/c18-16-15-13-9-5-6-10-14(13)21-17(15)19-11-20(16)12-7-3-1-2-4-8-12/h11-12,18H,1-10H2. The summed E-state index contributed by atoms with van der Waals surface area (Å²) in [6.45, 7) is 0. The van der Waals surface area contributed by atoms with Crippen LogP contribution in [0.4, 0.5) is 0 Å². The molecule has 0 saturated heterocycles. The van der Waals surface area contributed by atoms with Gasteiger partial charge in [-0.05, 0) is 44.1 Å². The molecule has 0 bridgehead atoms. The van der Waals surface area contributed by atoms with Crippen molar-refractivity contribution in [1.29, 1.82) is 5.41 Å². The Bertz CT molecular complexity index is 705. The molecule has 0 aromatic carbocycles. The van der Waals surface area contributed by atoms with Gasteiger partial charge in [0.05, 0.1) is 11.7 Å². The SMILES string of the molecule is N=c1c2c3c(sc2ncn1C1CCCCCC1)CCCC3. The number of nitrogens with one attached hydrogen (secondary N) is 1. The Hall–Kier alpha value is -1.16. The van der Waals surface area contributed by atoms with Crippen LogP contribution in [-0.2, 0) is 12.8 Å². The lowest BCUT2D eigenvalue weighted by Crippen LogP contribution is -2.25. The molecular weight excluding hydrogens is 278 g/mol. The van der Waals surface area contributed by atoms with E-state index in [-0.39, 0.29) is 0 Å². The Morgan fingerprint density at radius 2 is 1.81 bits per heavy atom. The van der Waals surface area contributed by atoms with Crippen LogP contribution < -0.4 is 5.49 Å². The van der Waals surface area contributed by atoms with Crippen LogP contribution in [0.1, 0.15) is 67.8 Å². The zero-order valence-electron chi connectivity index (χ0n) is 12.5. The number of rotatable bonds is 1. The van der Waals surface area contributed by atoms with E-state index >= 15 is 0 Å². The van der Waals surface area contributed by atoms with Gasteiger partial charge < -0.3 is 4.57 Å². The van der Waals surface area contributed by atoms with Crippen LogP contribution in [0.15, 0.2) is 6.33 Å². The second-order valence-electron chi connectivity index (χ2n) is 6.54. The van der Waals surface area contributed by atoms with Crippen LogP contribution in [0.3, 0.4) is 0 Å². The maximum absolute atomic E-state index is 8.73. The number of hydrogen-bond donors (Lipinski definition) is 1. The van der Waals surface area contributed by atoms with Gasteiger partial charge in [0, 0.05) is 10.9 Å². The lowest BCUT2D eigenvalue weighted by Gasteiger charge is -2.19. The van der Waals surface area contributed by atoms with Crippen molar-refractivity contribution in [2.45, 2.75) is 70.3 Å². The van der Waals surface area contributed by atoms with Gasteiger partial charge in [-0.25, -0.2) is 4.98 Å². The summed E-state index contributed by atoms with van der Waals surface area (Å²) in [6, 6.07) is 0.496. The highest BCUT2D eigenvalue weighted by atomic mass is 32.1. The molecule has 2 aliphatic carbocycles. The van der Waals surface area contributed by atoms with Crippen molar-refractivity contribution in [3.8, 4) is 0 Å². The van der Waals surface area contributed by atoms with E-state index in [1.54, 1.807) is 0 Å². The predicted octanol–water partition coefficient (Wildman–Crippen LogP) is 4.35. The number of aryl methyl sites for hydroxylation is 2. The Labute approximate surface area is 129 Å². The minimum absolute atomic E-state index is 0.496. The first-order valence-electron chi connectivity index (χ1n) is 8.40. The second-order valence-corrected chi connectivity index (χ2v) is 7.62. The molecule has 0 radical (unpaired) electrons. The van der Waals surface area contributed by atoms with Gasteiger partial charge in [-0.15, -0.1) is 11.3 Å². The Morgan fingerprint density at radius 1 is 1.05 bits per heavy atom. The second kappa shape index (κ2) is 5.56. The van der Waals surface area contributed by atoms with E-state index in [4.69, 9.17) is 10.4 Å². The fourth-order valence-electron chi connectivity index (χ4n) is 4.00. The van der Waals surface area contributed by atoms with Gasteiger partial charge in [0.2, 0.25) is 0 Å². The maximum Gasteiger partial charge on any atom is 0.136 e. The van der Waals surface area contributed by atoms with Crippen LogP contribution in [0.5, 0.6) is 0 Å². The molecule has 0 aliphatic heterocycles. The van der Waals surface area contributed by atoms with E-state index in [2.05, 4.69) is 4.57 Å². The van der Waals surface area contributed by atoms with Crippen molar-refractivity contribution < 1.29 is 0 Å². The molecule has 1 N–H and O–H groups in total. The van der Waals surface area contributed by atoms with Crippen LogP contribution in [0.25, 0.3) is 10.2 Å². The number of thiophene rings is 1. The summed E-state index contributed by atoms with van der Waals surface area (Å²) in [5.74, 6) is 0. The van der Waals surface area contributed by atoms with Crippen molar-refractivity contribution in [2.24, 2.45) is 0 Å². The van der Waals surface area contributed by atoms with E-state index in [1.165, 1.54) is 73.6 Å². The molecule has 2 aromatic heterocycles. The molecule has 2 aliphatic rings. The van der Waals surface area contributed by atoms with Crippen molar-refractivity contribution in [3.63, 3.8) is 0 Å². The number of aromatic nitrogens is 2. The zero-order valence-corrected chi connectivity index (χ0v) is 13.3. The summed E-state index contributed by atoms with van der Waals surface area (Å²) < 4.78 is 2.18. The predicted molar refractivity (Wildman–Crippen MR) is 86.8 cm³/mol. The normalized spacial score (nSPS) is 20.4. The van der Waals surface area contributed by atoms with Crippen LogP contribution in [0.2, 0.25) is 0 Å². The van der Waals surface area contributed by atoms with Crippen molar-refractivity contribution >= 4 is 21.6 Å². The fourth-order valence-corrected chi connectivity index (χ4v) is 5.23. The van der Waals surface area contributed by atoms with E-state index in [9.17, 15) is 0 Å². The Balaban J connectivity index is 1.83. The highest BCUT2D eigenvalue weighted by Crippen LogP contribution is 2.34. The summed E-state index contributed by atoms with van der Waals surface area (Å²) in [7, 11) is 0. The summed E-state index contributed by atoms with van der Waals surface area (Å²) in [5, 5.41) is 9.90. The van der Waals surface area contributed by atoms with Crippen molar-refractivity contribution in [1.82, 2.24) is 9.55 Å². The molecule has 2 heterocycles. The zero-order chi connectivity index (χ0) is 14.2. The van der Waals surface area contributed by atoms with Crippen LogP contribution in [-0.4, -0.2) is 9.55 Å². The van der Waals surface area contributed by atoms with Gasteiger partial charge in [-0.3, -0.25) is 5.41 Å². The van der Waals surface area contributed by atoms with E-state index < -0.39 is 0 Å². The lowest BCUT2D eigenvalue weighted by molar-refractivity contribution is 0.424. The molecule has 0 amide bonds. The number of fused-ring (bicyclic) bond motifs is 3. The molecule has 2 aromatic rings. The molecule has 112 valence electrons. The van der Waals surface area contributed by atoms with E-state index in [0.29, 0.717) is 6.04 Å². The molecule has 0 atom stereocenters. The van der Waals surface area contributed by atoms with Crippen LogP contribution >= 0.6 is 11.3 Å². The lowest BCUT2D eigenvalue weighted by atomic mass is 9.97.